The van der Waals surface area contributed by atoms with E-state index in [1.54, 1.807) is 0 Å². The Bertz CT molecular complexity index is 456. The average Bonchev–Trinajstić information content (AvgIpc) is 1.96. The number of hydrogen-bond donors (Lipinski definition) is 4. The number of carbonyl (C=O) groups is 1. The van der Waals surface area contributed by atoms with Gasteiger partial charge in [-0.3, -0.25) is 0 Å². The van der Waals surface area contributed by atoms with E-state index < -0.39 is 19.9 Å². The molecule has 0 heterocycles. The van der Waals surface area contributed by atoms with Crippen molar-refractivity contribution in [3.8, 4) is 5.75 Å². The van der Waals surface area contributed by atoms with Gasteiger partial charge in [0.05, 0.1) is 0 Å². The summed E-state index contributed by atoms with van der Waals surface area (Å²) < 4.78 is 28.9. The zero-order valence-electron chi connectivity index (χ0n) is 8.76. The first-order chi connectivity index (χ1) is 7.21. The SMILES string of the molecule is CC(=O)Nc1cc(C)c([As](=O)(O)O)c(O)c1. The summed E-state index contributed by atoms with van der Waals surface area (Å²) in [4.78, 5) is 10.8. The molecule has 0 saturated heterocycles. The molecule has 0 bridgehead atoms. The van der Waals surface area contributed by atoms with E-state index in [1.165, 1.54) is 19.9 Å². The molecule has 0 atom stereocenters. The molecule has 16 heavy (non-hydrogen) atoms. The van der Waals surface area contributed by atoms with Crippen LogP contribution in [-0.2, 0) is 8.53 Å². The Hall–Kier alpha value is -1.23. The standard InChI is InChI=1S/C9H12AsNO5/c1-5-3-7(11-6(2)12)4-8(13)9(5)10(14,15)16/h3-4,13H,1-2H3,(H,11,12)(H2,14,15,16). The second-order valence-electron chi connectivity index (χ2n) is 3.39. The van der Waals surface area contributed by atoms with Crippen LogP contribution in [0.25, 0.3) is 0 Å². The topological polar surface area (TPSA) is 107 Å². The monoisotopic (exact) mass is 289 g/mol. The van der Waals surface area contributed by atoms with Crippen molar-refractivity contribution >= 4 is 30.1 Å². The number of amides is 1. The van der Waals surface area contributed by atoms with Crippen LogP contribution in [-0.4, -0.2) is 33.4 Å². The van der Waals surface area contributed by atoms with Crippen molar-refractivity contribution < 1.29 is 21.8 Å². The summed E-state index contributed by atoms with van der Waals surface area (Å²) in [5.74, 6) is -0.829. The van der Waals surface area contributed by atoms with Gasteiger partial charge in [0.25, 0.3) is 0 Å². The normalized spacial score (nSPS) is 11.2. The predicted molar refractivity (Wildman–Crippen MR) is 57.7 cm³/mol. The third kappa shape index (κ3) is 2.88. The van der Waals surface area contributed by atoms with Crippen molar-refractivity contribution in [2.24, 2.45) is 0 Å². The van der Waals surface area contributed by atoms with Gasteiger partial charge in [0.2, 0.25) is 0 Å². The fraction of sp³-hybridized carbons (Fsp3) is 0.222. The first kappa shape index (κ1) is 12.8. The molecule has 0 aromatic heterocycles. The molecule has 6 nitrogen and oxygen atoms in total. The molecule has 0 spiro atoms. The van der Waals surface area contributed by atoms with Gasteiger partial charge in [-0.25, -0.2) is 0 Å². The zero-order chi connectivity index (χ0) is 12.5. The second-order valence-corrected chi connectivity index (χ2v) is 6.61. The molecule has 0 aliphatic heterocycles. The van der Waals surface area contributed by atoms with Crippen molar-refractivity contribution in [1.29, 1.82) is 0 Å². The number of phenols is 1. The van der Waals surface area contributed by atoms with E-state index in [4.69, 9.17) is 8.19 Å². The molecule has 1 aromatic carbocycles. The molecule has 0 aliphatic carbocycles. The fourth-order valence-corrected chi connectivity index (χ4v) is 3.28. The zero-order valence-corrected chi connectivity index (χ0v) is 10.6. The molecule has 88 valence electrons. The van der Waals surface area contributed by atoms with E-state index in [2.05, 4.69) is 5.32 Å². The quantitative estimate of drug-likeness (QED) is 0.534. The van der Waals surface area contributed by atoms with Crippen LogP contribution in [0.1, 0.15) is 12.5 Å². The predicted octanol–water partition coefficient (Wildman–Crippen LogP) is -0.780. The van der Waals surface area contributed by atoms with Gasteiger partial charge in [-0.2, -0.15) is 0 Å². The third-order valence-electron chi connectivity index (χ3n) is 1.89. The maximum atomic E-state index is 11.1. The third-order valence-corrected chi connectivity index (χ3v) is 4.33. The molecule has 0 radical (unpaired) electrons. The molecule has 0 aliphatic rings. The van der Waals surface area contributed by atoms with Crippen molar-refractivity contribution in [2.75, 3.05) is 5.32 Å². The average molecular weight is 289 g/mol. The Morgan fingerprint density at radius 1 is 1.38 bits per heavy atom. The van der Waals surface area contributed by atoms with Crippen LogP contribution in [0.2, 0.25) is 0 Å². The van der Waals surface area contributed by atoms with Crippen molar-refractivity contribution in [3.05, 3.63) is 17.7 Å². The van der Waals surface area contributed by atoms with E-state index in [1.807, 2.05) is 0 Å². The van der Waals surface area contributed by atoms with Crippen LogP contribution in [0.5, 0.6) is 5.75 Å². The van der Waals surface area contributed by atoms with Crippen LogP contribution in [0.3, 0.4) is 0 Å². The molecule has 0 fully saturated rings. The van der Waals surface area contributed by atoms with Crippen LogP contribution >= 0.6 is 0 Å². The summed E-state index contributed by atoms with van der Waals surface area (Å²) >= 11 is -5.14. The second kappa shape index (κ2) is 4.33. The summed E-state index contributed by atoms with van der Waals surface area (Å²) in [6.45, 7) is 2.76. The van der Waals surface area contributed by atoms with Crippen molar-refractivity contribution in [2.45, 2.75) is 13.8 Å². The number of hydrogen-bond acceptors (Lipinski definition) is 3. The number of anilines is 1. The van der Waals surface area contributed by atoms with Gasteiger partial charge in [-0.05, 0) is 0 Å². The van der Waals surface area contributed by atoms with Crippen molar-refractivity contribution in [1.82, 2.24) is 0 Å². The molecular weight excluding hydrogens is 277 g/mol. The summed E-state index contributed by atoms with van der Waals surface area (Å²) in [5.41, 5.74) is 0.548. The Morgan fingerprint density at radius 2 is 1.94 bits per heavy atom. The number of benzene rings is 1. The Labute approximate surface area is 94.9 Å². The van der Waals surface area contributed by atoms with Crippen molar-refractivity contribution in [3.63, 3.8) is 0 Å². The van der Waals surface area contributed by atoms with Gasteiger partial charge in [0.15, 0.2) is 0 Å². The first-order valence-corrected chi connectivity index (χ1v) is 7.77. The molecule has 1 aromatic rings. The molecule has 0 saturated carbocycles. The number of nitrogens with one attached hydrogen (secondary N) is 1. The summed E-state index contributed by atoms with van der Waals surface area (Å²) in [7, 11) is 0. The van der Waals surface area contributed by atoms with Gasteiger partial charge in [-0.1, -0.05) is 0 Å². The maximum absolute atomic E-state index is 11.1. The number of phenolic OH excluding ortho intramolecular Hbond substituents is 1. The van der Waals surface area contributed by atoms with E-state index in [-0.39, 0.29) is 15.8 Å². The summed E-state index contributed by atoms with van der Waals surface area (Å²) in [6.07, 6.45) is 0. The Morgan fingerprint density at radius 3 is 2.31 bits per heavy atom. The summed E-state index contributed by atoms with van der Waals surface area (Å²) in [6, 6.07) is 2.51. The Kier molecular flexibility index (Phi) is 3.47. The number of carbonyl (C=O) groups excluding carboxylic acids is 1. The molecular formula is C9H12AsNO5. The van der Waals surface area contributed by atoms with Crippen LogP contribution in [0, 0.1) is 6.92 Å². The van der Waals surface area contributed by atoms with E-state index in [9.17, 15) is 13.6 Å². The van der Waals surface area contributed by atoms with Crippen LogP contribution in [0.4, 0.5) is 5.69 Å². The fourth-order valence-electron chi connectivity index (χ4n) is 1.42. The van der Waals surface area contributed by atoms with Gasteiger partial charge < -0.3 is 0 Å². The van der Waals surface area contributed by atoms with Gasteiger partial charge in [0, 0.05) is 0 Å². The minimum atomic E-state index is -5.14. The summed E-state index contributed by atoms with van der Waals surface area (Å²) in [5, 5.41) is 11.9. The Balaban J connectivity index is 3.28. The number of rotatable bonds is 2. The first-order valence-electron chi connectivity index (χ1n) is 4.39. The van der Waals surface area contributed by atoms with E-state index >= 15 is 0 Å². The molecule has 0 unspecified atom stereocenters. The minimum absolute atomic E-state index is 0.247. The molecule has 1 amide bonds. The number of aromatic hydroxyl groups is 1. The van der Waals surface area contributed by atoms with E-state index in [0.717, 1.165) is 6.07 Å². The molecule has 1 rings (SSSR count). The van der Waals surface area contributed by atoms with Crippen LogP contribution < -0.4 is 9.67 Å². The van der Waals surface area contributed by atoms with Gasteiger partial charge in [-0.15, -0.1) is 0 Å². The van der Waals surface area contributed by atoms with E-state index in [0.29, 0.717) is 5.69 Å². The molecule has 4 N–H and O–H groups in total. The number of aryl methyl sites for hydroxylation is 1. The molecule has 7 heteroatoms. The van der Waals surface area contributed by atoms with Gasteiger partial charge in [0.1, 0.15) is 0 Å². The van der Waals surface area contributed by atoms with Crippen LogP contribution in [0.15, 0.2) is 12.1 Å². The van der Waals surface area contributed by atoms with Gasteiger partial charge >= 0.3 is 94.6 Å².